The lowest BCUT2D eigenvalue weighted by Gasteiger charge is -2.06. The molecule has 1 atom stereocenters. The van der Waals surface area contributed by atoms with Gasteiger partial charge in [-0.1, -0.05) is 37.0 Å². The number of allylic oxidation sites excluding steroid dienone is 6. The van der Waals surface area contributed by atoms with Crippen LogP contribution in [0.1, 0.15) is 24.3 Å². The molecule has 2 rings (SSSR count). The van der Waals surface area contributed by atoms with E-state index < -0.39 is 0 Å². The normalized spacial score (nSPS) is 19.2. The van der Waals surface area contributed by atoms with Crippen molar-refractivity contribution in [3.8, 4) is 0 Å². The van der Waals surface area contributed by atoms with E-state index in [0.717, 1.165) is 22.8 Å². The zero-order chi connectivity index (χ0) is 13.7. The standard InChI is InChI=1S/C15H16N2S2/c1-4-5-6-7-11(2)13-8-9-14(19-13)12-10-18-15(16-3)17-12/h4-8,10,14H,2-3,9H2,1H3/b5-4-,7-6-. The smallest absolute Gasteiger partial charge is 0.208 e. The van der Waals surface area contributed by atoms with Gasteiger partial charge in [0.05, 0.1) is 10.9 Å². The van der Waals surface area contributed by atoms with Crippen LogP contribution in [0.25, 0.3) is 0 Å². The molecule has 0 fully saturated rings. The van der Waals surface area contributed by atoms with Crippen LogP contribution in [0.5, 0.6) is 0 Å². The van der Waals surface area contributed by atoms with E-state index in [1.54, 1.807) is 11.3 Å². The van der Waals surface area contributed by atoms with Crippen molar-refractivity contribution in [1.29, 1.82) is 0 Å². The van der Waals surface area contributed by atoms with Crippen molar-refractivity contribution in [2.75, 3.05) is 0 Å². The van der Waals surface area contributed by atoms with Crippen molar-refractivity contribution in [2.45, 2.75) is 18.6 Å². The second-order valence-corrected chi connectivity index (χ2v) is 6.11. The Hall–Kier alpha value is -1.39. The Morgan fingerprint density at radius 2 is 2.37 bits per heavy atom. The molecule has 0 saturated carbocycles. The van der Waals surface area contributed by atoms with Gasteiger partial charge in [0, 0.05) is 10.3 Å². The SMILES string of the molecule is C=Nc1nc(C2CC=C(C(=C)/C=C\C=C/C)S2)cs1. The first-order valence-electron chi connectivity index (χ1n) is 6.02. The summed E-state index contributed by atoms with van der Waals surface area (Å²) in [6.07, 6.45) is 11.3. The number of hydrogen-bond acceptors (Lipinski definition) is 4. The second-order valence-electron chi connectivity index (χ2n) is 4.03. The average Bonchev–Trinajstić information content (AvgIpc) is 3.07. The Kier molecular flexibility index (Phi) is 4.93. The van der Waals surface area contributed by atoms with Crippen molar-refractivity contribution in [1.82, 2.24) is 4.98 Å². The molecule has 1 aliphatic heterocycles. The molecule has 0 aromatic carbocycles. The van der Waals surface area contributed by atoms with Gasteiger partial charge < -0.3 is 0 Å². The quantitative estimate of drug-likeness (QED) is 0.548. The van der Waals surface area contributed by atoms with Gasteiger partial charge in [-0.3, -0.25) is 0 Å². The van der Waals surface area contributed by atoms with E-state index in [9.17, 15) is 0 Å². The van der Waals surface area contributed by atoms with Gasteiger partial charge in [-0.2, -0.15) is 0 Å². The Morgan fingerprint density at radius 3 is 3.05 bits per heavy atom. The van der Waals surface area contributed by atoms with Crippen LogP contribution in [0.4, 0.5) is 5.13 Å². The lowest BCUT2D eigenvalue weighted by Crippen LogP contribution is -1.88. The lowest BCUT2D eigenvalue weighted by atomic mass is 10.2. The first-order chi connectivity index (χ1) is 9.24. The summed E-state index contributed by atoms with van der Waals surface area (Å²) >= 11 is 3.36. The molecular formula is C15H16N2S2. The third kappa shape index (κ3) is 3.55. The monoisotopic (exact) mass is 288 g/mol. The minimum absolute atomic E-state index is 0.383. The van der Waals surface area contributed by atoms with Gasteiger partial charge in [0.2, 0.25) is 5.13 Å². The minimum atomic E-state index is 0.383. The molecule has 4 heteroatoms. The highest BCUT2D eigenvalue weighted by Crippen LogP contribution is 2.46. The number of aromatic nitrogens is 1. The molecule has 1 aromatic heterocycles. The van der Waals surface area contributed by atoms with Gasteiger partial charge in [0.15, 0.2) is 0 Å². The fraction of sp³-hybridized carbons (Fsp3) is 0.200. The van der Waals surface area contributed by atoms with Crippen molar-refractivity contribution >= 4 is 34.9 Å². The summed E-state index contributed by atoms with van der Waals surface area (Å²) in [7, 11) is 0. The zero-order valence-electron chi connectivity index (χ0n) is 10.9. The number of aliphatic imine (C=N–C) groups is 1. The van der Waals surface area contributed by atoms with Crippen LogP contribution < -0.4 is 0 Å². The van der Waals surface area contributed by atoms with E-state index in [1.165, 1.54) is 4.91 Å². The second kappa shape index (κ2) is 6.68. The highest BCUT2D eigenvalue weighted by molar-refractivity contribution is 8.03. The Morgan fingerprint density at radius 1 is 1.53 bits per heavy atom. The van der Waals surface area contributed by atoms with Crippen molar-refractivity contribution in [2.24, 2.45) is 4.99 Å². The predicted molar refractivity (Wildman–Crippen MR) is 87.4 cm³/mol. The van der Waals surface area contributed by atoms with Gasteiger partial charge in [-0.15, -0.1) is 23.1 Å². The summed E-state index contributed by atoms with van der Waals surface area (Å²) in [5.74, 6) is 0. The van der Waals surface area contributed by atoms with Crippen LogP contribution in [-0.2, 0) is 0 Å². The summed E-state index contributed by atoms with van der Waals surface area (Å²) in [5.41, 5.74) is 2.15. The highest BCUT2D eigenvalue weighted by atomic mass is 32.2. The van der Waals surface area contributed by atoms with E-state index in [4.69, 9.17) is 0 Å². The molecule has 0 amide bonds. The van der Waals surface area contributed by atoms with E-state index in [-0.39, 0.29) is 0 Å². The molecular weight excluding hydrogens is 272 g/mol. The lowest BCUT2D eigenvalue weighted by molar-refractivity contribution is 0.947. The van der Waals surface area contributed by atoms with Crippen LogP contribution in [0, 0.1) is 0 Å². The average molecular weight is 288 g/mol. The first-order valence-corrected chi connectivity index (χ1v) is 7.78. The van der Waals surface area contributed by atoms with Crippen LogP contribution in [-0.4, -0.2) is 11.7 Å². The number of rotatable bonds is 5. The third-order valence-corrected chi connectivity index (χ3v) is 4.87. The van der Waals surface area contributed by atoms with Crippen LogP contribution in [0.3, 0.4) is 0 Å². The maximum atomic E-state index is 4.46. The van der Waals surface area contributed by atoms with E-state index in [1.807, 2.05) is 43.0 Å². The molecule has 0 radical (unpaired) electrons. The summed E-state index contributed by atoms with van der Waals surface area (Å²) in [4.78, 5) is 9.56. The van der Waals surface area contributed by atoms with Gasteiger partial charge in [0.25, 0.3) is 0 Å². The fourth-order valence-corrected chi connectivity index (χ4v) is 3.63. The number of thioether (sulfide) groups is 1. The van der Waals surface area contributed by atoms with Gasteiger partial charge in [-0.25, -0.2) is 9.98 Å². The Labute approximate surface area is 122 Å². The number of hydrogen-bond donors (Lipinski definition) is 0. The molecule has 1 aromatic rings. The number of nitrogens with zero attached hydrogens (tertiary/aromatic N) is 2. The fourth-order valence-electron chi connectivity index (χ4n) is 1.71. The van der Waals surface area contributed by atoms with E-state index in [2.05, 4.69) is 34.7 Å². The predicted octanol–water partition coefficient (Wildman–Crippen LogP) is 5.23. The maximum Gasteiger partial charge on any atom is 0.208 e. The molecule has 0 bridgehead atoms. The number of thiazole rings is 1. The van der Waals surface area contributed by atoms with Gasteiger partial charge >= 0.3 is 0 Å². The summed E-state index contributed by atoms with van der Waals surface area (Å²) in [5, 5.41) is 3.20. The molecule has 98 valence electrons. The molecule has 19 heavy (non-hydrogen) atoms. The highest BCUT2D eigenvalue weighted by Gasteiger charge is 2.22. The largest absolute Gasteiger partial charge is 0.236 e. The first kappa shape index (κ1) is 14.0. The van der Waals surface area contributed by atoms with E-state index >= 15 is 0 Å². The van der Waals surface area contributed by atoms with Gasteiger partial charge in [0.1, 0.15) is 0 Å². The maximum absolute atomic E-state index is 4.46. The summed E-state index contributed by atoms with van der Waals surface area (Å²) in [6, 6.07) is 0. The molecule has 0 saturated heterocycles. The molecule has 2 nitrogen and oxygen atoms in total. The molecule has 2 heterocycles. The Bertz CT molecular complexity index is 564. The molecule has 0 spiro atoms. The van der Waals surface area contributed by atoms with Crippen molar-refractivity contribution in [3.05, 3.63) is 58.5 Å². The van der Waals surface area contributed by atoms with Crippen LogP contribution >= 0.6 is 23.1 Å². The molecule has 0 aliphatic carbocycles. The molecule has 0 N–H and O–H groups in total. The van der Waals surface area contributed by atoms with Crippen LogP contribution in [0.2, 0.25) is 0 Å². The van der Waals surface area contributed by atoms with E-state index in [0.29, 0.717) is 5.25 Å². The summed E-state index contributed by atoms with van der Waals surface area (Å²) in [6.45, 7) is 9.61. The van der Waals surface area contributed by atoms with Crippen molar-refractivity contribution in [3.63, 3.8) is 0 Å². The molecule has 1 unspecified atom stereocenters. The zero-order valence-corrected chi connectivity index (χ0v) is 12.5. The van der Waals surface area contributed by atoms with Crippen LogP contribution in [0.15, 0.2) is 57.8 Å². The van der Waals surface area contributed by atoms with Gasteiger partial charge in [-0.05, 0) is 25.6 Å². The van der Waals surface area contributed by atoms with Crippen molar-refractivity contribution < 1.29 is 0 Å². The minimum Gasteiger partial charge on any atom is -0.236 e. The topological polar surface area (TPSA) is 25.2 Å². The molecule has 1 aliphatic rings. The third-order valence-electron chi connectivity index (χ3n) is 2.68. The summed E-state index contributed by atoms with van der Waals surface area (Å²) < 4.78 is 0. The Balaban J connectivity index is 1.98.